The summed E-state index contributed by atoms with van der Waals surface area (Å²) >= 11 is 0. The number of hydrogen-bond acceptors (Lipinski definition) is 6. The molecule has 8 nitrogen and oxygen atoms in total. The molecule has 0 amide bonds. The lowest BCUT2D eigenvalue weighted by molar-refractivity contribution is -0.385. The molecule has 0 unspecified atom stereocenters. The zero-order chi connectivity index (χ0) is 14.7. The summed E-state index contributed by atoms with van der Waals surface area (Å²) in [5, 5.41) is 19.6. The Morgan fingerprint density at radius 2 is 2.05 bits per heavy atom. The molecule has 0 radical (unpaired) electrons. The summed E-state index contributed by atoms with van der Waals surface area (Å²) in [6.07, 6.45) is 2.53. The second-order valence-electron chi connectivity index (χ2n) is 3.82. The van der Waals surface area contributed by atoms with Gasteiger partial charge >= 0.3 is 5.97 Å². The zero-order valence-electron chi connectivity index (χ0n) is 10.3. The number of rotatable bonds is 4. The number of nitro groups is 1. The number of aromatic carboxylic acids is 1. The van der Waals surface area contributed by atoms with Gasteiger partial charge in [-0.05, 0) is 19.1 Å². The Morgan fingerprint density at radius 1 is 1.35 bits per heavy atom. The second-order valence-corrected chi connectivity index (χ2v) is 3.82. The van der Waals surface area contributed by atoms with E-state index in [0.717, 1.165) is 0 Å². The topological polar surface area (TPSA) is 115 Å². The first kappa shape index (κ1) is 13.4. The highest BCUT2D eigenvalue weighted by atomic mass is 16.6. The Hall–Kier alpha value is -3.03. The Kier molecular flexibility index (Phi) is 3.56. The summed E-state index contributed by atoms with van der Waals surface area (Å²) in [6.45, 7) is 1.56. The molecule has 0 aliphatic rings. The standard InChI is InChI=1S/C12H9N3O5/c1-7-6-8(2-3-9(7)15(18)19)20-11-10(12(16)17)13-4-5-14-11/h2-6H,1H3,(H,16,17). The van der Waals surface area contributed by atoms with Gasteiger partial charge in [-0.1, -0.05) is 0 Å². The Bertz CT molecular complexity index is 687. The van der Waals surface area contributed by atoms with Gasteiger partial charge in [0.2, 0.25) is 5.69 Å². The normalized spacial score (nSPS) is 10.1. The van der Waals surface area contributed by atoms with Gasteiger partial charge in [-0.25, -0.2) is 14.8 Å². The maximum atomic E-state index is 11.0. The first-order valence-corrected chi connectivity index (χ1v) is 5.46. The van der Waals surface area contributed by atoms with Gasteiger partial charge in [-0.2, -0.15) is 0 Å². The van der Waals surface area contributed by atoms with Gasteiger partial charge in [0.1, 0.15) is 5.75 Å². The molecule has 2 rings (SSSR count). The van der Waals surface area contributed by atoms with Gasteiger partial charge in [-0.15, -0.1) is 0 Å². The highest BCUT2D eigenvalue weighted by molar-refractivity contribution is 5.87. The van der Waals surface area contributed by atoms with E-state index >= 15 is 0 Å². The Labute approximate surface area is 112 Å². The number of ether oxygens (including phenoxy) is 1. The molecule has 0 saturated heterocycles. The summed E-state index contributed by atoms with van der Waals surface area (Å²) in [6, 6.07) is 4.07. The van der Waals surface area contributed by atoms with E-state index in [0.29, 0.717) is 5.56 Å². The maximum Gasteiger partial charge on any atom is 0.360 e. The number of hydrogen-bond donors (Lipinski definition) is 1. The molecule has 0 saturated carbocycles. The zero-order valence-corrected chi connectivity index (χ0v) is 10.3. The van der Waals surface area contributed by atoms with Crippen molar-refractivity contribution < 1.29 is 19.6 Å². The van der Waals surface area contributed by atoms with E-state index in [9.17, 15) is 14.9 Å². The third-order valence-corrected chi connectivity index (χ3v) is 2.45. The first-order valence-electron chi connectivity index (χ1n) is 5.46. The molecule has 102 valence electrons. The van der Waals surface area contributed by atoms with Crippen molar-refractivity contribution >= 4 is 11.7 Å². The molecule has 0 bridgehead atoms. The maximum absolute atomic E-state index is 11.0. The lowest BCUT2D eigenvalue weighted by Crippen LogP contribution is -2.04. The average Bonchev–Trinajstić information content (AvgIpc) is 2.38. The van der Waals surface area contributed by atoms with Crippen LogP contribution in [0.5, 0.6) is 11.6 Å². The molecule has 1 aromatic carbocycles. The molecule has 1 aromatic heterocycles. The number of aryl methyl sites for hydroxylation is 1. The van der Waals surface area contributed by atoms with Gasteiger partial charge in [0, 0.05) is 24.0 Å². The van der Waals surface area contributed by atoms with Crippen LogP contribution in [0.4, 0.5) is 5.69 Å². The van der Waals surface area contributed by atoms with E-state index in [4.69, 9.17) is 9.84 Å². The summed E-state index contributed by atoms with van der Waals surface area (Å²) < 4.78 is 5.31. The van der Waals surface area contributed by atoms with Crippen molar-refractivity contribution in [3.8, 4) is 11.6 Å². The molecule has 1 heterocycles. The van der Waals surface area contributed by atoms with Crippen LogP contribution in [0.3, 0.4) is 0 Å². The fourth-order valence-electron chi connectivity index (χ4n) is 1.55. The van der Waals surface area contributed by atoms with Crippen LogP contribution in [0.2, 0.25) is 0 Å². The fraction of sp³-hybridized carbons (Fsp3) is 0.0833. The Morgan fingerprint density at radius 3 is 2.65 bits per heavy atom. The molecule has 0 fully saturated rings. The lowest BCUT2D eigenvalue weighted by Gasteiger charge is -2.07. The van der Waals surface area contributed by atoms with Crippen molar-refractivity contribution in [3.63, 3.8) is 0 Å². The van der Waals surface area contributed by atoms with Crippen molar-refractivity contribution in [1.29, 1.82) is 0 Å². The van der Waals surface area contributed by atoms with Crippen LogP contribution < -0.4 is 4.74 Å². The van der Waals surface area contributed by atoms with Crippen LogP contribution >= 0.6 is 0 Å². The van der Waals surface area contributed by atoms with Crippen LogP contribution in [0.15, 0.2) is 30.6 Å². The highest BCUT2D eigenvalue weighted by Crippen LogP contribution is 2.27. The van der Waals surface area contributed by atoms with Crippen LogP contribution in [0.1, 0.15) is 16.1 Å². The molecule has 0 spiro atoms. The number of carbonyl (C=O) groups is 1. The predicted octanol–water partition coefficient (Wildman–Crippen LogP) is 2.18. The van der Waals surface area contributed by atoms with Crippen LogP contribution in [-0.2, 0) is 0 Å². The first-order chi connectivity index (χ1) is 9.49. The molecule has 20 heavy (non-hydrogen) atoms. The molecule has 2 aromatic rings. The van der Waals surface area contributed by atoms with Crippen LogP contribution in [-0.4, -0.2) is 26.0 Å². The highest BCUT2D eigenvalue weighted by Gasteiger charge is 2.16. The van der Waals surface area contributed by atoms with Gasteiger partial charge in [0.15, 0.2) is 0 Å². The molecule has 0 aliphatic heterocycles. The summed E-state index contributed by atoms with van der Waals surface area (Å²) in [5.74, 6) is -1.20. The van der Waals surface area contributed by atoms with E-state index in [1.54, 1.807) is 6.92 Å². The minimum absolute atomic E-state index is 0.0463. The third-order valence-electron chi connectivity index (χ3n) is 2.45. The van der Waals surface area contributed by atoms with E-state index in [2.05, 4.69) is 9.97 Å². The fourth-order valence-corrected chi connectivity index (χ4v) is 1.55. The Balaban J connectivity index is 2.34. The number of benzene rings is 1. The smallest absolute Gasteiger partial charge is 0.360 e. The van der Waals surface area contributed by atoms with Gasteiger partial charge < -0.3 is 9.84 Å². The van der Waals surface area contributed by atoms with E-state index in [1.807, 2.05) is 0 Å². The molecular weight excluding hydrogens is 266 g/mol. The summed E-state index contributed by atoms with van der Waals surface area (Å²) in [7, 11) is 0. The van der Waals surface area contributed by atoms with E-state index in [1.165, 1.54) is 30.6 Å². The molecule has 8 heteroatoms. The van der Waals surface area contributed by atoms with E-state index in [-0.39, 0.29) is 23.0 Å². The molecular formula is C12H9N3O5. The number of nitro benzene ring substituents is 1. The second kappa shape index (κ2) is 5.31. The van der Waals surface area contributed by atoms with E-state index < -0.39 is 10.9 Å². The van der Waals surface area contributed by atoms with Crippen molar-refractivity contribution in [1.82, 2.24) is 9.97 Å². The molecule has 0 aliphatic carbocycles. The van der Waals surface area contributed by atoms with Crippen molar-refractivity contribution in [2.45, 2.75) is 6.92 Å². The number of nitrogens with zero attached hydrogens (tertiary/aromatic N) is 3. The summed E-state index contributed by atoms with van der Waals surface area (Å²) in [4.78, 5) is 28.6. The SMILES string of the molecule is Cc1cc(Oc2nccnc2C(=O)O)ccc1[N+](=O)[O-]. The molecule has 1 N–H and O–H groups in total. The average molecular weight is 275 g/mol. The van der Waals surface area contributed by atoms with Crippen molar-refractivity contribution in [2.24, 2.45) is 0 Å². The number of carboxylic acids is 1. The molecule has 0 atom stereocenters. The monoisotopic (exact) mass is 275 g/mol. The third kappa shape index (κ3) is 2.69. The number of carboxylic acid groups (broad SMARTS) is 1. The lowest BCUT2D eigenvalue weighted by atomic mass is 10.2. The minimum atomic E-state index is -1.27. The van der Waals surface area contributed by atoms with Gasteiger partial charge in [-0.3, -0.25) is 10.1 Å². The van der Waals surface area contributed by atoms with Crippen molar-refractivity contribution in [3.05, 3.63) is 52.0 Å². The largest absolute Gasteiger partial charge is 0.476 e. The minimum Gasteiger partial charge on any atom is -0.476 e. The van der Waals surface area contributed by atoms with Crippen LogP contribution in [0, 0.1) is 17.0 Å². The predicted molar refractivity (Wildman–Crippen MR) is 66.9 cm³/mol. The van der Waals surface area contributed by atoms with Gasteiger partial charge in [0.05, 0.1) is 4.92 Å². The number of aromatic nitrogens is 2. The van der Waals surface area contributed by atoms with Gasteiger partial charge in [0.25, 0.3) is 11.6 Å². The summed E-state index contributed by atoms with van der Waals surface area (Å²) in [5.41, 5.74) is 0.0201. The quantitative estimate of drug-likeness (QED) is 0.671. The van der Waals surface area contributed by atoms with Crippen LogP contribution in [0.25, 0.3) is 0 Å². The van der Waals surface area contributed by atoms with Crippen molar-refractivity contribution in [2.75, 3.05) is 0 Å².